The first-order valence-electron chi connectivity index (χ1n) is 8.35. The van der Waals surface area contributed by atoms with Crippen molar-refractivity contribution in [3.05, 3.63) is 18.2 Å². The first-order chi connectivity index (χ1) is 9.88. The van der Waals surface area contributed by atoms with Gasteiger partial charge in [0.15, 0.2) is 0 Å². The molecule has 1 saturated heterocycles. The van der Waals surface area contributed by atoms with E-state index in [0.717, 1.165) is 6.54 Å². The highest BCUT2D eigenvalue weighted by Crippen LogP contribution is 2.34. The molecule has 2 aliphatic rings. The summed E-state index contributed by atoms with van der Waals surface area (Å²) in [6, 6.07) is 1.35. The second-order valence-corrected chi connectivity index (χ2v) is 6.34. The molecule has 1 aliphatic heterocycles. The molecule has 2 fully saturated rings. The van der Waals surface area contributed by atoms with Crippen LogP contribution in [0.4, 0.5) is 0 Å². The summed E-state index contributed by atoms with van der Waals surface area (Å²) in [6.45, 7) is 5.83. The Labute approximate surface area is 122 Å². The zero-order chi connectivity index (χ0) is 13.8. The number of hydrogen-bond donors (Lipinski definition) is 2. The summed E-state index contributed by atoms with van der Waals surface area (Å²) in [4.78, 5) is 10.7. The molecule has 3 rings (SSSR count). The van der Waals surface area contributed by atoms with E-state index >= 15 is 0 Å². The fourth-order valence-electron chi connectivity index (χ4n) is 3.95. The van der Waals surface area contributed by atoms with E-state index < -0.39 is 0 Å². The summed E-state index contributed by atoms with van der Waals surface area (Å²) >= 11 is 0. The highest BCUT2D eigenvalue weighted by Gasteiger charge is 2.33. The van der Waals surface area contributed by atoms with Crippen LogP contribution in [0.2, 0.25) is 0 Å². The van der Waals surface area contributed by atoms with E-state index in [9.17, 15) is 0 Å². The lowest BCUT2D eigenvalue weighted by molar-refractivity contribution is 0.115. The first kappa shape index (κ1) is 14.1. The average molecular weight is 276 g/mol. The number of aromatic amines is 1. The molecule has 1 aromatic rings. The molecule has 2 heterocycles. The maximum Gasteiger partial charge on any atom is 0.110 e. The molecular formula is C16H28N4. The van der Waals surface area contributed by atoms with Crippen molar-refractivity contribution >= 4 is 0 Å². The van der Waals surface area contributed by atoms with Gasteiger partial charge in [-0.05, 0) is 19.3 Å². The lowest BCUT2D eigenvalue weighted by Gasteiger charge is -2.41. The number of hydrogen-bond acceptors (Lipinski definition) is 3. The fourth-order valence-corrected chi connectivity index (χ4v) is 3.95. The molecule has 20 heavy (non-hydrogen) atoms. The number of nitrogens with zero attached hydrogens (tertiary/aromatic N) is 2. The predicted molar refractivity (Wildman–Crippen MR) is 81.9 cm³/mol. The molecular weight excluding hydrogens is 248 g/mol. The third kappa shape index (κ3) is 3.07. The van der Waals surface area contributed by atoms with E-state index in [1.54, 1.807) is 0 Å². The Balaban J connectivity index is 1.76. The number of rotatable bonds is 3. The first-order valence-corrected chi connectivity index (χ1v) is 8.35. The van der Waals surface area contributed by atoms with Crippen LogP contribution in [0.5, 0.6) is 0 Å². The molecule has 1 saturated carbocycles. The number of piperazine rings is 1. The molecule has 0 aromatic carbocycles. The van der Waals surface area contributed by atoms with Gasteiger partial charge in [-0.2, -0.15) is 0 Å². The van der Waals surface area contributed by atoms with Crippen molar-refractivity contribution in [1.29, 1.82) is 0 Å². The minimum absolute atomic E-state index is 0.600. The zero-order valence-corrected chi connectivity index (χ0v) is 12.6. The Kier molecular flexibility index (Phi) is 4.73. The Hall–Kier alpha value is -0.870. The van der Waals surface area contributed by atoms with Gasteiger partial charge in [0.05, 0.1) is 0 Å². The van der Waals surface area contributed by atoms with Gasteiger partial charge in [0, 0.05) is 50.0 Å². The molecule has 3 unspecified atom stereocenters. The molecule has 4 nitrogen and oxygen atoms in total. The van der Waals surface area contributed by atoms with Gasteiger partial charge in [0.2, 0.25) is 0 Å². The molecule has 0 bridgehead atoms. The van der Waals surface area contributed by atoms with E-state index in [-0.39, 0.29) is 0 Å². The Morgan fingerprint density at radius 1 is 1.30 bits per heavy atom. The molecule has 2 N–H and O–H groups in total. The third-order valence-corrected chi connectivity index (χ3v) is 5.10. The van der Waals surface area contributed by atoms with Gasteiger partial charge in [-0.15, -0.1) is 0 Å². The molecule has 4 heteroatoms. The van der Waals surface area contributed by atoms with Crippen LogP contribution in [-0.4, -0.2) is 46.6 Å². The van der Waals surface area contributed by atoms with Crippen molar-refractivity contribution in [2.45, 2.75) is 63.5 Å². The van der Waals surface area contributed by atoms with E-state index in [2.05, 4.69) is 27.1 Å². The standard InChI is InChI=1S/C16H28N4/c1-2-13-12-20(11-10-17-13)15-7-5-3-4-6-14(15)16-18-8-9-19-16/h8-9,13-15,17H,2-7,10-12H2,1H3,(H,18,19). The summed E-state index contributed by atoms with van der Waals surface area (Å²) in [7, 11) is 0. The van der Waals surface area contributed by atoms with Crippen molar-refractivity contribution in [2.75, 3.05) is 19.6 Å². The molecule has 0 amide bonds. The van der Waals surface area contributed by atoms with Gasteiger partial charge in [0.25, 0.3) is 0 Å². The van der Waals surface area contributed by atoms with Gasteiger partial charge in [0.1, 0.15) is 5.82 Å². The quantitative estimate of drug-likeness (QED) is 0.834. The molecule has 0 radical (unpaired) electrons. The largest absolute Gasteiger partial charge is 0.348 e. The van der Waals surface area contributed by atoms with Gasteiger partial charge >= 0.3 is 0 Å². The number of H-pyrrole nitrogens is 1. The van der Waals surface area contributed by atoms with Crippen LogP contribution in [0.1, 0.15) is 57.2 Å². The molecule has 1 aromatic heterocycles. The normalized spacial score (nSPS) is 33.0. The number of nitrogens with one attached hydrogen (secondary N) is 2. The lowest BCUT2D eigenvalue weighted by Crippen LogP contribution is -2.55. The molecule has 3 atom stereocenters. The van der Waals surface area contributed by atoms with Crippen LogP contribution in [0.3, 0.4) is 0 Å². The maximum atomic E-state index is 4.57. The van der Waals surface area contributed by atoms with Crippen LogP contribution in [0.15, 0.2) is 12.4 Å². The lowest BCUT2D eigenvalue weighted by atomic mass is 9.91. The molecule has 1 aliphatic carbocycles. The van der Waals surface area contributed by atoms with Gasteiger partial charge in [-0.3, -0.25) is 4.90 Å². The van der Waals surface area contributed by atoms with Gasteiger partial charge in [-0.25, -0.2) is 4.98 Å². The summed E-state index contributed by atoms with van der Waals surface area (Å²) in [5.74, 6) is 1.81. The summed E-state index contributed by atoms with van der Waals surface area (Å²) < 4.78 is 0. The van der Waals surface area contributed by atoms with Gasteiger partial charge < -0.3 is 10.3 Å². The van der Waals surface area contributed by atoms with E-state index in [1.165, 1.54) is 57.4 Å². The van der Waals surface area contributed by atoms with E-state index in [4.69, 9.17) is 0 Å². The second-order valence-electron chi connectivity index (χ2n) is 6.34. The van der Waals surface area contributed by atoms with Crippen LogP contribution in [0.25, 0.3) is 0 Å². The van der Waals surface area contributed by atoms with Crippen LogP contribution >= 0.6 is 0 Å². The number of imidazole rings is 1. The smallest absolute Gasteiger partial charge is 0.110 e. The van der Waals surface area contributed by atoms with Gasteiger partial charge in [-0.1, -0.05) is 26.2 Å². The van der Waals surface area contributed by atoms with Crippen molar-refractivity contribution in [3.63, 3.8) is 0 Å². The van der Waals surface area contributed by atoms with Crippen LogP contribution in [0, 0.1) is 0 Å². The van der Waals surface area contributed by atoms with Crippen molar-refractivity contribution < 1.29 is 0 Å². The Morgan fingerprint density at radius 3 is 3.00 bits per heavy atom. The fraction of sp³-hybridized carbons (Fsp3) is 0.812. The van der Waals surface area contributed by atoms with Crippen molar-refractivity contribution in [2.24, 2.45) is 0 Å². The van der Waals surface area contributed by atoms with E-state index in [1.807, 2.05) is 12.4 Å². The van der Waals surface area contributed by atoms with Crippen molar-refractivity contribution in [1.82, 2.24) is 20.2 Å². The minimum Gasteiger partial charge on any atom is -0.348 e. The topological polar surface area (TPSA) is 44.0 Å². The van der Waals surface area contributed by atoms with Crippen molar-refractivity contribution in [3.8, 4) is 0 Å². The van der Waals surface area contributed by atoms with Crippen LogP contribution in [-0.2, 0) is 0 Å². The zero-order valence-electron chi connectivity index (χ0n) is 12.6. The maximum absolute atomic E-state index is 4.57. The Bertz CT molecular complexity index is 389. The monoisotopic (exact) mass is 276 g/mol. The molecule has 112 valence electrons. The Morgan fingerprint density at radius 2 is 2.20 bits per heavy atom. The predicted octanol–water partition coefficient (Wildman–Crippen LogP) is 2.51. The average Bonchev–Trinajstić information content (AvgIpc) is 2.92. The summed E-state index contributed by atoms with van der Waals surface area (Å²) in [6.07, 6.45) is 11.9. The number of aromatic nitrogens is 2. The van der Waals surface area contributed by atoms with Crippen LogP contribution < -0.4 is 5.32 Å². The third-order valence-electron chi connectivity index (χ3n) is 5.10. The second kappa shape index (κ2) is 6.72. The minimum atomic E-state index is 0.600. The van der Waals surface area contributed by atoms with E-state index in [0.29, 0.717) is 18.0 Å². The summed E-state index contributed by atoms with van der Waals surface area (Å²) in [5, 5.41) is 3.64. The molecule has 0 spiro atoms. The highest BCUT2D eigenvalue weighted by atomic mass is 15.2. The summed E-state index contributed by atoms with van der Waals surface area (Å²) in [5.41, 5.74) is 0. The highest BCUT2D eigenvalue weighted by molar-refractivity contribution is 5.04. The SMILES string of the molecule is CCC1CN(C2CCCCCC2c2ncc[nH]2)CCN1.